The first-order valence-corrected chi connectivity index (χ1v) is 6.84. The average Bonchev–Trinajstić information content (AvgIpc) is 2.95. The standard InChI is InChI=1S/C14H9N3O3S/c18-11-6-5-8-3-1-2-4-9(8)12(11)16-17-14-15-10(7-21-14)13(19)20/h1-7,18H,(H,19,20). The van der Waals surface area contributed by atoms with Crippen LogP contribution in [0, 0.1) is 0 Å². The lowest BCUT2D eigenvalue weighted by atomic mass is 10.1. The summed E-state index contributed by atoms with van der Waals surface area (Å²) in [5, 5.41) is 29.9. The van der Waals surface area contributed by atoms with E-state index in [1.807, 2.05) is 24.3 Å². The van der Waals surface area contributed by atoms with E-state index < -0.39 is 5.97 Å². The number of hydrogen-bond acceptors (Lipinski definition) is 6. The van der Waals surface area contributed by atoms with Crippen molar-refractivity contribution < 1.29 is 15.0 Å². The Morgan fingerprint density at radius 3 is 2.71 bits per heavy atom. The molecule has 1 aromatic heterocycles. The van der Waals surface area contributed by atoms with Gasteiger partial charge in [0.1, 0.15) is 11.4 Å². The van der Waals surface area contributed by atoms with E-state index in [2.05, 4.69) is 15.2 Å². The molecule has 3 rings (SSSR count). The lowest BCUT2D eigenvalue weighted by molar-refractivity contribution is 0.0691. The monoisotopic (exact) mass is 299 g/mol. The number of fused-ring (bicyclic) bond motifs is 1. The Labute approximate surface area is 123 Å². The van der Waals surface area contributed by atoms with Gasteiger partial charge in [-0.3, -0.25) is 0 Å². The fourth-order valence-corrected chi connectivity index (χ4v) is 2.46. The second-order valence-corrected chi connectivity index (χ2v) is 5.01. The molecule has 21 heavy (non-hydrogen) atoms. The average molecular weight is 299 g/mol. The van der Waals surface area contributed by atoms with Crippen LogP contribution in [0.4, 0.5) is 10.8 Å². The zero-order valence-electron chi connectivity index (χ0n) is 10.6. The van der Waals surface area contributed by atoms with Gasteiger partial charge < -0.3 is 10.2 Å². The molecule has 0 aliphatic heterocycles. The van der Waals surface area contributed by atoms with Crippen molar-refractivity contribution >= 4 is 38.9 Å². The number of hydrogen-bond donors (Lipinski definition) is 2. The number of rotatable bonds is 3. The van der Waals surface area contributed by atoms with Gasteiger partial charge in [-0.2, -0.15) is 0 Å². The van der Waals surface area contributed by atoms with E-state index >= 15 is 0 Å². The quantitative estimate of drug-likeness (QED) is 0.711. The van der Waals surface area contributed by atoms with Crippen molar-refractivity contribution in [3.63, 3.8) is 0 Å². The number of aromatic carboxylic acids is 1. The van der Waals surface area contributed by atoms with Gasteiger partial charge in [0.15, 0.2) is 5.69 Å². The Morgan fingerprint density at radius 1 is 1.14 bits per heavy atom. The molecule has 0 saturated carbocycles. The van der Waals surface area contributed by atoms with E-state index in [-0.39, 0.29) is 16.6 Å². The van der Waals surface area contributed by atoms with Crippen LogP contribution in [-0.4, -0.2) is 21.2 Å². The predicted molar refractivity (Wildman–Crippen MR) is 78.9 cm³/mol. The van der Waals surface area contributed by atoms with Gasteiger partial charge in [0, 0.05) is 10.8 Å². The molecule has 1 heterocycles. The summed E-state index contributed by atoms with van der Waals surface area (Å²) in [6, 6.07) is 10.8. The van der Waals surface area contributed by atoms with Gasteiger partial charge in [0.2, 0.25) is 5.13 Å². The molecule has 0 atom stereocenters. The summed E-state index contributed by atoms with van der Waals surface area (Å²) in [4.78, 5) is 14.6. The predicted octanol–water partition coefficient (Wildman–Crippen LogP) is 4.12. The van der Waals surface area contributed by atoms with Crippen molar-refractivity contribution in [1.29, 1.82) is 0 Å². The van der Waals surface area contributed by atoms with E-state index in [1.165, 1.54) is 5.38 Å². The van der Waals surface area contributed by atoms with Crippen LogP contribution < -0.4 is 0 Å². The molecule has 0 aliphatic rings. The number of carboxylic acids is 1. The third-order valence-corrected chi connectivity index (χ3v) is 3.55. The van der Waals surface area contributed by atoms with Crippen LogP contribution in [0.3, 0.4) is 0 Å². The summed E-state index contributed by atoms with van der Waals surface area (Å²) in [5.74, 6) is -1.10. The Kier molecular flexibility index (Phi) is 3.33. The number of phenolic OH excluding ortho intramolecular Hbond substituents is 1. The summed E-state index contributed by atoms with van der Waals surface area (Å²) in [7, 11) is 0. The molecule has 0 spiro atoms. The van der Waals surface area contributed by atoms with Crippen LogP contribution >= 0.6 is 11.3 Å². The number of carboxylic acid groups (broad SMARTS) is 1. The number of benzene rings is 2. The molecule has 3 aromatic rings. The van der Waals surface area contributed by atoms with E-state index in [0.29, 0.717) is 5.69 Å². The Balaban J connectivity index is 2.02. The number of aromatic nitrogens is 1. The van der Waals surface area contributed by atoms with Crippen LogP contribution in [0.5, 0.6) is 5.75 Å². The van der Waals surface area contributed by atoms with E-state index in [0.717, 1.165) is 22.1 Å². The molecule has 6 nitrogen and oxygen atoms in total. The van der Waals surface area contributed by atoms with Crippen molar-refractivity contribution in [2.24, 2.45) is 10.2 Å². The molecular formula is C14H9N3O3S. The van der Waals surface area contributed by atoms with Crippen molar-refractivity contribution in [3.8, 4) is 5.75 Å². The van der Waals surface area contributed by atoms with Crippen LogP contribution in [0.2, 0.25) is 0 Å². The van der Waals surface area contributed by atoms with Gasteiger partial charge >= 0.3 is 5.97 Å². The third-order valence-electron chi connectivity index (χ3n) is 2.83. The summed E-state index contributed by atoms with van der Waals surface area (Å²) < 4.78 is 0. The van der Waals surface area contributed by atoms with Gasteiger partial charge in [0.25, 0.3) is 0 Å². The fourth-order valence-electron chi connectivity index (χ4n) is 1.85. The summed E-state index contributed by atoms with van der Waals surface area (Å²) in [5.41, 5.74) is 0.260. The minimum Gasteiger partial charge on any atom is -0.506 e. The third kappa shape index (κ3) is 2.59. The SMILES string of the molecule is O=C(O)c1csc(N=Nc2c(O)ccc3ccccc23)n1. The molecule has 0 unspecified atom stereocenters. The normalized spacial score (nSPS) is 11.2. The number of thiazole rings is 1. The molecule has 0 aliphatic carbocycles. The molecule has 104 valence electrons. The van der Waals surface area contributed by atoms with Crippen molar-refractivity contribution in [2.75, 3.05) is 0 Å². The highest BCUT2D eigenvalue weighted by atomic mass is 32.1. The largest absolute Gasteiger partial charge is 0.506 e. The number of aromatic hydroxyl groups is 1. The maximum absolute atomic E-state index is 10.7. The Hall–Kier alpha value is -2.80. The zero-order valence-corrected chi connectivity index (χ0v) is 11.4. The van der Waals surface area contributed by atoms with Crippen LogP contribution in [0.25, 0.3) is 10.8 Å². The van der Waals surface area contributed by atoms with E-state index in [1.54, 1.807) is 12.1 Å². The molecule has 0 bridgehead atoms. The van der Waals surface area contributed by atoms with Crippen molar-refractivity contribution in [1.82, 2.24) is 4.98 Å². The number of carbonyl (C=O) groups is 1. The van der Waals surface area contributed by atoms with Crippen molar-refractivity contribution in [3.05, 3.63) is 47.5 Å². The van der Waals surface area contributed by atoms with Gasteiger partial charge in [-0.1, -0.05) is 30.3 Å². The topological polar surface area (TPSA) is 95.1 Å². The van der Waals surface area contributed by atoms with Gasteiger partial charge in [-0.15, -0.1) is 21.6 Å². The highest BCUT2D eigenvalue weighted by Gasteiger charge is 2.09. The second kappa shape index (κ2) is 5.29. The highest BCUT2D eigenvalue weighted by molar-refractivity contribution is 7.13. The summed E-state index contributed by atoms with van der Waals surface area (Å²) >= 11 is 1.07. The number of azo groups is 1. The Bertz CT molecular complexity index is 858. The molecule has 2 aromatic carbocycles. The first-order chi connectivity index (χ1) is 10.1. The minimum atomic E-state index is -1.11. The van der Waals surface area contributed by atoms with E-state index in [4.69, 9.17) is 5.11 Å². The zero-order chi connectivity index (χ0) is 14.8. The molecule has 0 saturated heterocycles. The molecule has 7 heteroatoms. The van der Waals surface area contributed by atoms with Crippen molar-refractivity contribution in [2.45, 2.75) is 0 Å². The van der Waals surface area contributed by atoms with E-state index in [9.17, 15) is 9.90 Å². The summed E-state index contributed by atoms with van der Waals surface area (Å²) in [6.07, 6.45) is 0. The molecule has 0 radical (unpaired) electrons. The van der Waals surface area contributed by atoms with Crippen LogP contribution in [0.1, 0.15) is 10.5 Å². The van der Waals surface area contributed by atoms with Crippen LogP contribution in [0.15, 0.2) is 52.0 Å². The lowest BCUT2D eigenvalue weighted by Gasteiger charge is -2.02. The first-order valence-electron chi connectivity index (χ1n) is 5.96. The lowest BCUT2D eigenvalue weighted by Crippen LogP contribution is -1.94. The Morgan fingerprint density at radius 2 is 1.95 bits per heavy atom. The molecular weight excluding hydrogens is 290 g/mol. The highest BCUT2D eigenvalue weighted by Crippen LogP contribution is 2.36. The second-order valence-electron chi connectivity index (χ2n) is 4.17. The summed E-state index contributed by atoms with van der Waals surface area (Å²) in [6.45, 7) is 0. The number of phenols is 1. The molecule has 0 amide bonds. The van der Waals surface area contributed by atoms with Gasteiger partial charge in [-0.05, 0) is 11.5 Å². The smallest absolute Gasteiger partial charge is 0.355 e. The first kappa shape index (κ1) is 13.2. The maximum atomic E-state index is 10.7. The van der Waals surface area contributed by atoms with Gasteiger partial charge in [0.05, 0.1) is 0 Å². The van der Waals surface area contributed by atoms with Gasteiger partial charge in [-0.25, -0.2) is 9.78 Å². The maximum Gasteiger partial charge on any atom is 0.355 e. The number of nitrogens with zero attached hydrogens (tertiary/aromatic N) is 3. The molecule has 2 N–H and O–H groups in total. The minimum absolute atomic E-state index is 0.00691. The van der Waals surface area contributed by atoms with Crippen LogP contribution in [-0.2, 0) is 0 Å². The fraction of sp³-hybridized carbons (Fsp3) is 0. The molecule has 0 fully saturated rings.